The molecule has 3 aromatic rings. The van der Waals surface area contributed by atoms with Crippen LogP contribution in [-0.2, 0) is 4.79 Å². The van der Waals surface area contributed by atoms with E-state index in [9.17, 15) is 9.90 Å². The van der Waals surface area contributed by atoms with Gasteiger partial charge in [-0.15, -0.1) is 0 Å². The number of hydrogen-bond donors (Lipinski definition) is 4. The molecule has 2 fully saturated rings. The molecule has 0 spiro atoms. The minimum Gasteiger partial charge on any atom is -0.393 e. The standard InChI is InChI=1S/C25H31Cl2N7O2/c26-18-6-3-7-19(27)21(18)32-25-31-20-13-29-24(30-15-4-1-2-5-17(35)12-15)33-23(20)34(25)16-10-8-14(9-11-16)22(28)36/h3,6-7,13-17,35H,1-2,4-5,8-12H2,(H2,28,36)(H,31,32)(H,29,30,33)/t14-,15-,16-,17-/m1/s1. The molecule has 9 nitrogen and oxygen atoms in total. The van der Waals surface area contributed by atoms with E-state index in [1.807, 2.05) is 0 Å². The highest BCUT2D eigenvalue weighted by molar-refractivity contribution is 6.39. The second-order valence-corrected chi connectivity index (χ2v) is 10.7. The fourth-order valence-electron chi connectivity index (χ4n) is 5.39. The second kappa shape index (κ2) is 10.8. The SMILES string of the molecule is NC(=O)[C@H]1CC[C@H](n2c(Nc3c(Cl)cccc3Cl)nc3cnc(N[C@@H]4CCCC[C@@H](O)C4)nc32)CC1. The number of benzene rings is 1. The van der Waals surface area contributed by atoms with Gasteiger partial charge < -0.3 is 21.5 Å². The van der Waals surface area contributed by atoms with E-state index in [0.717, 1.165) is 38.5 Å². The average Bonchev–Trinajstić information content (AvgIpc) is 3.08. The van der Waals surface area contributed by atoms with Crippen LogP contribution in [0.25, 0.3) is 11.2 Å². The topological polar surface area (TPSA) is 131 Å². The van der Waals surface area contributed by atoms with Crippen LogP contribution in [-0.4, -0.2) is 42.7 Å². The van der Waals surface area contributed by atoms with Gasteiger partial charge >= 0.3 is 0 Å². The molecule has 0 unspecified atom stereocenters. The Morgan fingerprint density at radius 2 is 1.78 bits per heavy atom. The molecule has 0 radical (unpaired) electrons. The normalized spacial score (nSPS) is 24.9. The number of hydrogen-bond acceptors (Lipinski definition) is 7. The van der Waals surface area contributed by atoms with E-state index in [2.05, 4.69) is 20.2 Å². The fraction of sp³-hybridized carbons (Fsp3) is 0.520. The number of nitrogens with two attached hydrogens (primary N) is 1. The lowest BCUT2D eigenvalue weighted by molar-refractivity contribution is -0.122. The van der Waals surface area contributed by atoms with E-state index in [4.69, 9.17) is 38.9 Å². The Labute approximate surface area is 219 Å². The summed E-state index contributed by atoms with van der Waals surface area (Å²) in [5.74, 6) is 0.721. The molecule has 2 aromatic heterocycles. The number of amides is 1. The molecule has 2 saturated carbocycles. The summed E-state index contributed by atoms with van der Waals surface area (Å²) < 4.78 is 2.07. The van der Waals surface area contributed by atoms with Crippen molar-refractivity contribution < 1.29 is 9.90 Å². The van der Waals surface area contributed by atoms with Gasteiger partial charge in [-0.25, -0.2) is 9.97 Å². The Morgan fingerprint density at radius 1 is 1.06 bits per heavy atom. The monoisotopic (exact) mass is 531 g/mol. The van der Waals surface area contributed by atoms with Gasteiger partial charge in [-0.3, -0.25) is 9.36 Å². The van der Waals surface area contributed by atoms with Gasteiger partial charge in [-0.2, -0.15) is 4.98 Å². The van der Waals surface area contributed by atoms with Gasteiger partial charge in [-0.05, 0) is 57.1 Å². The predicted octanol–water partition coefficient (Wildman–Crippen LogP) is 5.20. The molecule has 11 heteroatoms. The third-order valence-electron chi connectivity index (χ3n) is 7.33. The molecule has 0 bridgehead atoms. The first kappa shape index (κ1) is 25.0. The predicted molar refractivity (Wildman–Crippen MR) is 142 cm³/mol. The summed E-state index contributed by atoms with van der Waals surface area (Å²) >= 11 is 12.9. The number of anilines is 3. The molecule has 2 atom stereocenters. The molecule has 1 amide bonds. The number of rotatable bonds is 6. The van der Waals surface area contributed by atoms with Gasteiger partial charge in [0.2, 0.25) is 17.8 Å². The maximum atomic E-state index is 11.7. The third-order valence-corrected chi connectivity index (χ3v) is 7.96. The number of carbonyl (C=O) groups excluding carboxylic acids is 1. The number of fused-ring (bicyclic) bond motifs is 1. The zero-order valence-corrected chi connectivity index (χ0v) is 21.5. The van der Waals surface area contributed by atoms with Gasteiger partial charge in [0.05, 0.1) is 28.0 Å². The first-order valence-corrected chi connectivity index (χ1v) is 13.3. The number of nitrogens with zero attached hydrogens (tertiary/aromatic N) is 4. The largest absolute Gasteiger partial charge is 0.393 e. The Bertz CT molecular complexity index is 1220. The van der Waals surface area contributed by atoms with Crippen LogP contribution in [0.3, 0.4) is 0 Å². The van der Waals surface area contributed by atoms with Gasteiger partial charge in [-0.1, -0.05) is 42.1 Å². The first-order chi connectivity index (χ1) is 17.4. The molecule has 0 saturated heterocycles. The first-order valence-electron chi connectivity index (χ1n) is 12.6. The molecule has 2 aliphatic rings. The number of aromatic nitrogens is 4. The molecule has 36 heavy (non-hydrogen) atoms. The van der Waals surface area contributed by atoms with Crippen LogP contribution in [0, 0.1) is 5.92 Å². The lowest BCUT2D eigenvalue weighted by atomic mass is 9.85. The summed E-state index contributed by atoms with van der Waals surface area (Å²) in [7, 11) is 0. The van der Waals surface area contributed by atoms with Crippen molar-refractivity contribution in [3.63, 3.8) is 0 Å². The average molecular weight is 532 g/mol. The maximum Gasteiger partial charge on any atom is 0.224 e. The van der Waals surface area contributed by atoms with Crippen LogP contribution in [0.2, 0.25) is 10.0 Å². The molecule has 5 N–H and O–H groups in total. The van der Waals surface area contributed by atoms with Crippen molar-refractivity contribution in [2.75, 3.05) is 10.6 Å². The minimum atomic E-state index is -0.309. The highest BCUT2D eigenvalue weighted by Crippen LogP contribution is 2.39. The number of para-hydroxylation sites is 1. The number of primary amides is 1. The Balaban J connectivity index is 1.50. The number of nitrogens with one attached hydrogen (secondary N) is 2. The van der Waals surface area contributed by atoms with Crippen LogP contribution < -0.4 is 16.4 Å². The molecule has 5 rings (SSSR count). The number of carbonyl (C=O) groups is 1. The van der Waals surface area contributed by atoms with E-state index in [1.165, 1.54) is 0 Å². The Hall–Kier alpha value is -2.62. The Morgan fingerprint density at radius 3 is 2.50 bits per heavy atom. The van der Waals surface area contributed by atoms with Crippen LogP contribution >= 0.6 is 23.2 Å². The van der Waals surface area contributed by atoms with Crippen LogP contribution in [0.4, 0.5) is 17.6 Å². The van der Waals surface area contributed by atoms with Gasteiger partial charge in [0.25, 0.3) is 0 Å². The van der Waals surface area contributed by atoms with Crippen molar-refractivity contribution in [2.45, 2.75) is 76.0 Å². The van der Waals surface area contributed by atoms with Gasteiger partial charge in [0, 0.05) is 18.0 Å². The van der Waals surface area contributed by atoms with Crippen molar-refractivity contribution in [3.05, 3.63) is 34.4 Å². The highest BCUT2D eigenvalue weighted by atomic mass is 35.5. The van der Waals surface area contributed by atoms with Gasteiger partial charge in [0.15, 0.2) is 5.65 Å². The van der Waals surface area contributed by atoms with Crippen molar-refractivity contribution in [1.29, 1.82) is 0 Å². The zero-order valence-electron chi connectivity index (χ0n) is 20.0. The molecule has 2 heterocycles. The summed E-state index contributed by atoms with van der Waals surface area (Å²) in [5.41, 5.74) is 7.47. The second-order valence-electron chi connectivity index (χ2n) is 9.85. The van der Waals surface area contributed by atoms with Crippen molar-refractivity contribution >= 4 is 57.9 Å². The molecule has 1 aromatic carbocycles. The number of halogens is 2. The fourth-order valence-corrected chi connectivity index (χ4v) is 5.88. The molecule has 2 aliphatic carbocycles. The number of aliphatic hydroxyl groups is 1. The van der Waals surface area contributed by atoms with Crippen molar-refractivity contribution in [2.24, 2.45) is 11.7 Å². The summed E-state index contributed by atoms with van der Waals surface area (Å²) in [6.07, 6.45) is 8.92. The van der Waals surface area contributed by atoms with Crippen LogP contribution in [0.1, 0.15) is 63.8 Å². The molecular weight excluding hydrogens is 501 g/mol. The highest BCUT2D eigenvalue weighted by Gasteiger charge is 2.29. The van der Waals surface area contributed by atoms with E-state index in [1.54, 1.807) is 24.4 Å². The lowest BCUT2D eigenvalue weighted by Gasteiger charge is -2.29. The van der Waals surface area contributed by atoms with Crippen molar-refractivity contribution in [1.82, 2.24) is 19.5 Å². The number of aliphatic hydroxyl groups excluding tert-OH is 1. The lowest BCUT2D eigenvalue weighted by Crippen LogP contribution is -2.29. The molecule has 0 aliphatic heterocycles. The number of imidazole rings is 1. The molecular formula is C25H31Cl2N7O2. The summed E-state index contributed by atoms with van der Waals surface area (Å²) in [6, 6.07) is 5.50. The van der Waals surface area contributed by atoms with Gasteiger partial charge in [0.1, 0.15) is 5.52 Å². The van der Waals surface area contributed by atoms with E-state index in [-0.39, 0.29) is 30.0 Å². The quantitative estimate of drug-likeness (QED) is 0.321. The summed E-state index contributed by atoms with van der Waals surface area (Å²) in [5, 5.41) is 17.9. The third kappa shape index (κ3) is 5.38. The zero-order chi connectivity index (χ0) is 25.2. The van der Waals surface area contributed by atoms with E-state index < -0.39 is 0 Å². The minimum absolute atomic E-state index is 0.0665. The van der Waals surface area contributed by atoms with Crippen molar-refractivity contribution in [3.8, 4) is 0 Å². The maximum absolute atomic E-state index is 11.7. The Kier molecular flexibility index (Phi) is 7.50. The summed E-state index contributed by atoms with van der Waals surface area (Å²) in [6.45, 7) is 0. The van der Waals surface area contributed by atoms with E-state index in [0.29, 0.717) is 58.1 Å². The summed E-state index contributed by atoms with van der Waals surface area (Å²) in [4.78, 5) is 25.9. The molecule has 192 valence electrons. The van der Waals surface area contributed by atoms with E-state index >= 15 is 0 Å². The van der Waals surface area contributed by atoms with Crippen LogP contribution in [0.15, 0.2) is 24.4 Å². The van der Waals surface area contributed by atoms with Crippen LogP contribution in [0.5, 0.6) is 0 Å². The smallest absolute Gasteiger partial charge is 0.224 e.